The van der Waals surface area contributed by atoms with Gasteiger partial charge < -0.3 is 9.15 Å². The van der Waals surface area contributed by atoms with Crippen molar-refractivity contribution in [2.24, 2.45) is 0 Å². The lowest BCUT2D eigenvalue weighted by Crippen LogP contribution is -2.27. The molecule has 0 bridgehead atoms. The van der Waals surface area contributed by atoms with Gasteiger partial charge in [0, 0.05) is 5.56 Å². The third-order valence-electron chi connectivity index (χ3n) is 2.15. The van der Waals surface area contributed by atoms with Gasteiger partial charge in [0.1, 0.15) is 5.60 Å². The molecule has 0 radical (unpaired) electrons. The van der Waals surface area contributed by atoms with Crippen molar-refractivity contribution in [2.75, 3.05) is 5.32 Å². The lowest BCUT2D eigenvalue weighted by molar-refractivity contribution is 0.0633. The number of benzene rings is 1. The van der Waals surface area contributed by atoms with E-state index >= 15 is 0 Å². The summed E-state index contributed by atoms with van der Waals surface area (Å²) in [5.74, 6) is 0.708. The summed E-state index contributed by atoms with van der Waals surface area (Å²) >= 11 is 0. The second-order valence-corrected chi connectivity index (χ2v) is 5.02. The van der Waals surface area contributed by atoms with Crippen LogP contribution in [0, 0.1) is 0 Å². The van der Waals surface area contributed by atoms with E-state index in [0.717, 1.165) is 5.56 Å². The molecule has 0 atom stereocenters. The molecule has 5 nitrogen and oxygen atoms in total. The maximum absolute atomic E-state index is 11.6. The maximum Gasteiger partial charge on any atom is 0.414 e. The molecule has 1 aromatic carbocycles. The highest BCUT2D eigenvalue weighted by molar-refractivity contribution is 5.83. The molecule has 19 heavy (non-hydrogen) atoms. The van der Waals surface area contributed by atoms with Crippen molar-refractivity contribution in [3.8, 4) is 11.5 Å². The molecular weight excluding hydrogens is 244 g/mol. The molecule has 2 aromatic rings. The van der Waals surface area contributed by atoms with Crippen LogP contribution in [0.5, 0.6) is 0 Å². The summed E-state index contributed by atoms with van der Waals surface area (Å²) in [5.41, 5.74) is 0.298. The van der Waals surface area contributed by atoms with E-state index in [0.29, 0.717) is 5.89 Å². The van der Waals surface area contributed by atoms with Gasteiger partial charge in [-0.2, -0.15) is 0 Å². The Hall–Kier alpha value is -2.30. The number of nitrogens with zero attached hydrogens (tertiary/aromatic N) is 1. The van der Waals surface area contributed by atoms with Crippen LogP contribution in [0.4, 0.5) is 10.7 Å². The molecule has 0 aliphatic carbocycles. The topological polar surface area (TPSA) is 64.4 Å². The average Bonchev–Trinajstić information content (AvgIpc) is 2.76. The minimum absolute atomic E-state index is 0.258. The number of oxazole rings is 1. The summed E-state index contributed by atoms with van der Waals surface area (Å²) in [6.45, 7) is 5.38. The van der Waals surface area contributed by atoms with Gasteiger partial charge in [0.15, 0.2) is 0 Å². The highest BCUT2D eigenvalue weighted by Gasteiger charge is 2.17. The van der Waals surface area contributed by atoms with Crippen molar-refractivity contribution in [3.05, 3.63) is 36.5 Å². The van der Waals surface area contributed by atoms with E-state index in [-0.39, 0.29) is 5.88 Å². The highest BCUT2D eigenvalue weighted by atomic mass is 16.6. The number of aromatic nitrogens is 1. The van der Waals surface area contributed by atoms with Crippen LogP contribution in [0.15, 0.2) is 40.9 Å². The number of amides is 1. The van der Waals surface area contributed by atoms with Gasteiger partial charge in [-0.15, -0.1) is 0 Å². The first-order valence-electron chi connectivity index (χ1n) is 5.95. The van der Waals surface area contributed by atoms with Crippen LogP contribution in [0.3, 0.4) is 0 Å². The van der Waals surface area contributed by atoms with E-state index in [1.807, 2.05) is 30.3 Å². The zero-order valence-corrected chi connectivity index (χ0v) is 11.1. The minimum Gasteiger partial charge on any atom is -0.444 e. The molecule has 0 saturated heterocycles. The predicted molar refractivity (Wildman–Crippen MR) is 71.8 cm³/mol. The molecule has 0 unspecified atom stereocenters. The zero-order valence-electron chi connectivity index (χ0n) is 11.1. The molecule has 100 valence electrons. The van der Waals surface area contributed by atoms with Gasteiger partial charge in [0.2, 0.25) is 11.8 Å². The maximum atomic E-state index is 11.6. The van der Waals surface area contributed by atoms with Crippen molar-refractivity contribution < 1.29 is 13.9 Å². The number of hydrogen-bond acceptors (Lipinski definition) is 4. The van der Waals surface area contributed by atoms with Crippen LogP contribution in [-0.2, 0) is 4.74 Å². The van der Waals surface area contributed by atoms with E-state index in [9.17, 15) is 4.79 Å². The van der Waals surface area contributed by atoms with Crippen LogP contribution in [0.25, 0.3) is 11.5 Å². The van der Waals surface area contributed by atoms with Crippen molar-refractivity contribution in [1.29, 1.82) is 0 Å². The number of hydrogen-bond donors (Lipinski definition) is 1. The second kappa shape index (κ2) is 5.14. The fourth-order valence-corrected chi connectivity index (χ4v) is 1.45. The first-order valence-corrected chi connectivity index (χ1v) is 5.95. The molecule has 0 fully saturated rings. The summed E-state index contributed by atoms with van der Waals surface area (Å²) in [6.07, 6.45) is 0.884. The van der Waals surface area contributed by atoms with Gasteiger partial charge in [-0.05, 0) is 32.9 Å². The fourth-order valence-electron chi connectivity index (χ4n) is 1.45. The number of carbonyl (C=O) groups is 1. The largest absolute Gasteiger partial charge is 0.444 e. The number of nitrogens with one attached hydrogen (secondary N) is 1. The van der Waals surface area contributed by atoms with Crippen molar-refractivity contribution in [2.45, 2.75) is 26.4 Å². The van der Waals surface area contributed by atoms with E-state index in [1.165, 1.54) is 6.20 Å². The minimum atomic E-state index is -0.566. The number of rotatable bonds is 2. The summed E-state index contributed by atoms with van der Waals surface area (Å²) in [6, 6.07) is 9.44. The van der Waals surface area contributed by atoms with E-state index in [2.05, 4.69) is 10.3 Å². The Morgan fingerprint density at radius 3 is 2.58 bits per heavy atom. The Morgan fingerprint density at radius 2 is 1.95 bits per heavy atom. The van der Waals surface area contributed by atoms with Crippen molar-refractivity contribution in [3.63, 3.8) is 0 Å². The van der Waals surface area contributed by atoms with Gasteiger partial charge in [-0.3, -0.25) is 5.32 Å². The average molecular weight is 260 g/mol. The quantitative estimate of drug-likeness (QED) is 0.894. The summed E-state index contributed by atoms with van der Waals surface area (Å²) in [7, 11) is 0. The van der Waals surface area contributed by atoms with Gasteiger partial charge >= 0.3 is 6.09 Å². The zero-order chi connectivity index (χ0) is 13.9. The van der Waals surface area contributed by atoms with E-state index < -0.39 is 11.7 Å². The third-order valence-corrected chi connectivity index (χ3v) is 2.15. The molecule has 0 aliphatic rings. The smallest absolute Gasteiger partial charge is 0.414 e. The number of anilines is 1. The lowest BCUT2D eigenvalue weighted by Gasteiger charge is -2.18. The first kappa shape index (κ1) is 13.1. The standard InChI is InChI=1S/C14H16N2O3/c1-14(2,3)19-13(17)16-11-9-15-12(18-11)10-7-5-4-6-8-10/h4-9H,1-3H3,(H,16,17). The summed E-state index contributed by atoms with van der Waals surface area (Å²) < 4.78 is 10.6. The van der Waals surface area contributed by atoms with E-state index in [4.69, 9.17) is 9.15 Å². The highest BCUT2D eigenvalue weighted by Crippen LogP contribution is 2.21. The summed E-state index contributed by atoms with van der Waals surface area (Å²) in [4.78, 5) is 15.7. The van der Waals surface area contributed by atoms with Crippen LogP contribution in [-0.4, -0.2) is 16.7 Å². The molecule has 1 amide bonds. The van der Waals surface area contributed by atoms with Crippen LogP contribution in [0.1, 0.15) is 20.8 Å². The Labute approximate surface area is 111 Å². The molecule has 0 saturated carbocycles. The number of carbonyl (C=O) groups excluding carboxylic acids is 1. The molecule has 1 aromatic heterocycles. The van der Waals surface area contributed by atoms with Crippen LogP contribution >= 0.6 is 0 Å². The van der Waals surface area contributed by atoms with E-state index in [1.54, 1.807) is 20.8 Å². The normalized spacial score (nSPS) is 11.1. The Balaban J connectivity index is 2.04. The van der Waals surface area contributed by atoms with Gasteiger partial charge in [-0.25, -0.2) is 9.78 Å². The molecule has 2 rings (SSSR count). The molecule has 1 heterocycles. The monoisotopic (exact) mass is 260 g/mol. The third kappa shape index (κ3) is 3.84. The van der Waals surface area contributed by atoms with Crippen LogP contribution < -0.4 is 5.32 Å². The molecule has 0 aliphatic heterocycles. The Kier molecular flexibility index (Phi) is 3.55. The van der Waals surface area contributed by atoms with Crippen LogP contribution in [0.2, 0.25) is 0 Å². The fraction of sp³-hybridized carbons (Fsp3) is 0.286. The first-order chi connectivity index (χ1) is 8.94. The summed E-state index contributed by atoms with van der Waals surface area (Å²) in [5, 5.41) is 2.50. The Morgan fingerprint density at radius 1 is 1.26 bits per heavy atom. The Bertz CT molecular complexity index is 556. The molecule has 0 spiro atoms. The molecule has 1 N–H and O–H groups in total. The SMILES string of the molecule is CC(C)(C)OC(=O)Nc1cnc(-c2ccccc2)o1. The lowest BCUT2D eigenvalue weighted by atomic mass is 10.2. The number of ether oxygens (including phenoxy) is 1. The van der Waals surface area contributed by atoms with Crippen molar-refractivity contribution in [1.82, 2.24) is 4.98 Å². The van der Waals surface area contributed by atoms with Gasteiger partial charge in [0.25, 0.3) is 0 Å². The second-order valence-electron chi connectivity index (χ2n) is 5.02. The van der Waals surface area contributed by atoms with Gasteiger partial charge in [0.05, 0.1) is 6.20 Å². The van der Waals surface area contributed by atoms with Crippen molar-refractivity contribution >= 4 is 12.0 Å². The molecule has 5 heteroatoms. The molecular formula is C14H16N2O3. The predicted octanol–water partition coefficient (Wildman–Crippen LogP) is 3.69. The van der Waals surface area contributed by atoms with Gasteiger partial charge in [-0.1, -0.05) is 18.2 Å².